The predicted octanol–water partition coefficient (Wildman–Crippen LogP) is 1.35. The lowest BCUT2D eigenvalue weighted by Gasteiger charge is -2.16. The maximum atomic E-state index is 8.55. The Morgan fingerprint density at radius 2 is 2.08 bits per heavy atom. The van der Waals surface area contributed by atoms with Crippen LogP contribution >= 0.6 is 23.4 Å². The van der Waals surface area contributed by atoms with E-state index in [1.807, 2.05) is 0 Å². The topological polar surface area (TPSA) is 63.2 Å². The van der Waals surface area contributed by atoms with Crippen molar-refractivity contribution in [3.05, 3.63) is 11.4 Å². The largest absolute Gasteiger partial charge is 0.266 e. The highest BCUT2D eigenvalue weighted by Gasteiger charge is 2.19. The maximum Gasteiger partial charge on any atom is 0.177 e. The van der Waals surface area contributed by atoms with Gasteiger partial charge in [-0.2, -0.15) is 10.5 Å². The van der Waals surface area contributed by atoms with Crippen LogP contribution in [0.5, 0.6) is 0 Å². The molecular formula is C6H2Cl2N4. The fourth-order valence-corrected chi connectivity index (χ4v) is 1.20. The van der Waals surface area contributed by atoms with Gasteiger partial charge < -0.3 is 0 Å². The van der Waals surface area contributed by atoms with Gasteiger partial charge in [0, 0.05) is 11.8 Å². The quantitative estimate of drug-likeness (QED) is 0.555. The lowest BCUT2D eigenvalue weighted by molar-refractivity contribution is 0.646. The molecule has 0 saturated carbocycles. The molecule has 0 aromatic rings. The smallest absolute Gasteiger partial charge is 0.177 e. The number of allylic oxidation sites excluding steroid dienone is 2. The van der Waals surface area contributed by atoms with Crippen molar-refractivity contribution >= 4 is 28.5 Å². The molecule has 12 heavy (non-hydrogen) atoms. The molecule has 0 saturated heterocycles. The first-order valence-electron chi connectivity index (χ1n) is 2.90. The number of nitrogens with zero attached hydrogens (tertiary/aromatic N) is 4. The molecule has 0 bridgehead atoms. The zero-order valence-corrected chi connectivity index (χ0v) is 7.26. The van der Waals surface area contributed by atoms with Crippen molar-refractivity contribution in [2.75, 3.05) is 6.54 Å². The van der Waals surface area contributed by atoms with Crippen LogP contribution in [0.25, 0.3) is 0 Å². The van der Waals surface area contributed by atoms with Crippen LogP contribution < -0.4 is 0 Å². The lowest BCUT2D eigenvalue weighted by atomic mass is 10.3. The van der Waals surface area contributed by atoms with Crippen LogP contribution in [-0.4, -0.2) is 16.1 Å². The average Bonchev–Trinajstić information content (AvgIpc) is 2.03. The highest BCUT2D eigenvalue weighted by atomic mass is 35.5. The number of hydrogen-bond acceptors (Lipinski definition) is 4. The summed E-state index contributed by atoms with van der Waals surface area (Å²) in [7, 11) is 0. The van der Waals surface area contributed by atoms with E-state index in [1.165, 1.54) is 0 Å². The minimum atomic E-state index is -0.0521. The molecule has 1 aliphatic rings. The summed E-state index contributed by atoms with van der Waals surface area (Å²) < 4.78 is 1.06. The minimum absolute atomic E-state index is 0.0311. The third kappa shape index (κ3) is 1.50. The van der Waals surface area contributed by atoms with Crippen LogP contribution in [0.3, 0.4) is 0 Å². The number of nitriles is 2. The van der Waals surface area contributed by atoms with Crippen molar-refractivity contribution in [3.63, 3.8) is 0 Å². The summed E-state index contributed by atoms with van der Waals surface area (Å²) in [6, 6.07) is 3.49. The highest BCUT2D eigenvalue weighted by molar-refractivity contribution is 6.66. The van der Waals surface area contributed by atoms with E-state index in [0.717, 1.165) is 4.42 Å². The van der Waals surface area contributed by atoms with E-state index < -0.39 is 0 Å². The number of halogens is 2. The molecule has 4 nitrogen and oxygen atoms in total. The van der Waals surface area contributed by atoms with Gasteiger partial charge in [0.05, 0.1) is 6.54 Å². The molecule has 6 heteroatoms. The summed E-state index contributed by atoms with van der Waals surface area (Å²) in [5.74, 6) is 0. The summed E-state index contributed by atoms with van der Waals surface area (Å²) in [6.07, 6.45) is 0. The van der Waals surface area contributed by atoms with Gasteiger partial charge in [0.25, 0.3) is 0 Å². The Kier molecular flexibility index (Phi) is 2.54. The summed E-state index contributed by atoms with van der Waals surface area (Å²) >= 11 is 11.1. The zero-order chi connectivity index (χ0) is 9.14. The van der Waals surface area contributed by atoms with Gasteiger partial charge in [0.1, 0.15) is 17.3 Å². The molecule has 0 aromatic heterocycles. The average molecular weight is 201 g/mol. The first kappa shape index (κ1) is 8.86. The molecule has 0 aromatic carbocycles. The van der Waals surface area contributed by atoms with Gasteiger partial charge in [0.2, 0.25) is 0 Å². The normalized spacial score (nSPS) is 16.7. The molecule has 0 radical (unpaired) electrons. The van der Waals surface area contributed by atoms with E-state index in [0.29, 0.717) is 0 Å². The van der Waals surface area contributed by atoms with Gasteiger partial charge in [-0.25, -0.2) is 4.99 Å². The second-order valence-corrected chi connectivity index (χ2v) is 2.77. The van der Waals surface area contributed by atoms with E-state index >= 15 is 0 Å². The van der Waals surface area contributed by atoms with E-state index in [1.54, 1.807) is 12.1 Å². The first-order valence-corrected chi connectivity index (χ1v) is 3.61. The molecule has 1 rings (SSSR count). The van der Waals surface area contributed by atoms with Crippen LogP contribution in [0.4, 0.5) is 0 Å². The fourth-order valence-electron chi connectivity index (χ4n) is 0.703. The Morgan fingerprint density at radius 1 is 1.42 bits per heavy atom. The molecule has 0 aliphatic carbocycles. The number of hydrogen-bond donors (Lipinski definition) is 0. The van der Waals surface area contributed by atoms with Gasteiger partial charge in [-0.05, 0) is 0 Å². The van der Waals surface area contributed by atoms with Crippen LogP contribution in [-0.2, 0) is 0 Å². The Labute approximate surface area is 79.0 Å². The predicted molar refractivity (Wildman–Crippen MR) is 44.1 cm³/mol. The van der Waals surface area contributed by atoms with E-state index in [-0.39, 0.29) is 23.1 Å². The van der Waals surface area contributed by atoms with Gasteiger partial charge in [0.15, 0.2) is 11.4 Å². The third-order valence-corrected chi connectivity index (χ3v) is 1.67. The maximum absolute atomic E-state index is 8.55. The van der Waals surface area contributed by atoms with E-state index in [9.17, 15) is 0 Å². The molecule has 60 valence electrons. The lowest BCUT2D eigenvalue weighted by Crippen LogP contribution is -2.22. The van der Waals surface area contributed by atoms with Gasteiger partial charge in [-0.3, -0.25) is 4.42 Å². The number of aliphatic imine (C=N–C) groups is 1. The summed E-state index contributed by atoms with van der Waals surface area (Å²) in [5, 5.41) is 17.3. The summed E-state index contributed by atoms with van der Waals surface area (Å²) in [4.78, 5) is 3.66. The molecule has 1 aliphatic heterocycles. The van der Waals surface area contributed by atoms with Crippen molar-refractivity contribution < 1.29 is 0 Å². The Balaban J connectivity index is 3.18. The second kappa shape index (κ2) is 3.44. The van der Waals surface area contributed by atoms with Crippen LogP contribution in [0.15, 0.2) is 16.4 Å². The van der Waals surface area contributed by atoms with Crippen molar-refractivity contribution in [3.8, 4) is 12.1 Å². The highest BCUT2D eigenvalue weighted by Crippen LogP contribution is 2.19. The minimum Gasteiger partial charge on any atom is -0.266 e. The molecule has 0 spiro atoms. The Hall–Kier alpha value is -1.23. The van der Waals surface area contributed by atoms with Crippen molar-refractivity contribution in [1.29, 1.82) is 10.5 Å². The Bertz CT molecular complexity index is 344. The molecule has 0 amide bonds. The van der Waals surface area contributed by atoms with Crippen molar-refractivity contribution in [2.24, 2.45) is 4.99 Å². The first-order chi connectivity index (χ1) is 5.69. The molecule has 0 atom stereocenters. The van der Waals surface area contributed by atoms with Crippen LogP contribution in [0.1, 0.15) is 0 Å². The molecule has 0 fully saturated rings. The summed E-state index contributed by atoms with van der Waals surface area (Å²) in [6.45, 7) is 0.150. The molecule has 1 heterocycles. The van der Waals surface area contributed by atoms with E-state index in [4.69, 9.17) is 33.9 Å². The number of rotatable bonds is 0. The third-order valence-electron chi connectivity index (χ3n) is 1.18. The standard InChI is InChI=1S/C6H2Cl2N4/c7-6-3-12(8)5(2-10)4(1-9)11-6/h3H2. The molecular weight excluding hydrogens is 199 g/mol. The summed E-state index contributed by atoms with van der Waals surface area (Å²) in [5.41, 5.74) is -0.0210. The van der Waals surface area contributed by atoms with Crippen LogP contribution in [0, 0.1) is 22.7 Å². The van der Waals surface area contributed by atoms with Gasteiger partial charge in [-0.15, -0.1) is 0 Å². The van der Waals surface area contributed by atoms with Crippen molar-refractivity contribution in [1.82, 2.24) is 4.42 Å². The Morgan fingerprint density at radius 3 is 2.58 bits per heavy atom. The van der Waals surface area contributed by atoms with Gasteiger partial charge in [-0.1, -0.05) is 11.6 Å². The zero-order valence-electron chi connectivity index (χ0n) is 5.75. The monoisotopic (exact) mass is 200 g/mol. The van der Waals surface area contributed by atoms with E-state index in [2.05, 4.69) is 4.99 Å². The van der Waals surface area contributed by atoms with Gasteiger partial charge >= 0.3 is 0 Å². The molecule has 0 unspecified atom stereocenters. The SMILES string of the molecule is N#CC1=C(C#N)N(Cl)CC(Cl)=N1. The fraction of sp³-hybridized carbons (Fsp3) is 0.167. The van der Waals surface area contributed by atoms with Crippen LogP contribution in [0.2, 0.25) is 0 Å². The second-order valence-electron chi connectivity index (χ2n) is 1.93. The molecule has 0 N–H and O–H groups in total. The van der Waals surface area contributed by atoms with Crippen molar-refractivity contribution in [2.45, 2.75) is 0 Å².